The SMILES string of the molecule is CC(C)CNCC(C)CN1CCCC1C1CCCC1. The Kier molecular flexibility index (Phi) is 6.15. The van der Waals surface area contributed by atoms with E-state index >= 15 is 0 Å². The number of hydrogen-bond donors (Lipinski definition) is 1. The Morgan fingerprint density at radius 3 is 2.42 bits per heavy atom. The minimum atomic E-state index is 0.769. The quantitative estimate of drug-likeness (QED) is 0.758. The van der Waals surface area contributed by atoms with Gasteiger partial charge >= 0.3 is 0 Å². The lowest BCUT2D eigenvalue weighted by Gasteiger charge is -2.31. The summed E-state index contributed by atoms with van der Waals surface area (Å²) in [6.45, 7) is 12.0. The Balaban J connectivity index is 1.71. The van der Waals surface area contributed by atoms with E-state index in [1.807, 2.05) is 0 Å². The molecule has 2 nitrogen and oxygen atoms in total. The lowest BCUT2D eigenvalue weighted by atomic mass is 9.95. The molecule has 2 heteroatoms. The highest BCUT2D eigenvalue weighted by Gasteiger charge is 2.33. The molecule has 0 aromatic rings. The molecule has 0 aromatic carbocycles. The molecule has 2 atom stereocenters. The Morgan fingerprint density at radius 2 is 1.74 bits per heavy atom. The second-order valence-corrected chi connectivity index (χ2v) is 7.41. The summed E-state index contributed by atoms with van der Waals surface area (Å²) in [5.74, 6) is 2.59. The van der Waals surface area contributed by atoms with Crippen molar-refractivity contribution in [1.29, 1.82) is 0 Å². The molecule has 0 amide bonds. The van der Waals surface area contributed by atoms with Crippen LogP contribution in [0.4, 0.5) is 0 Å². The van der Waals surface area contributed by atoms with Crippen LogP contribution < -0.4 is 5.32 Å². The molecule has 2 fully saturated rings. The highest BCUT2D eigenvalue weighted by molar-refractivity contribution is 4.88. The van der Waals surface area contributed by atoms with Crippen LogP contribution in [-0.2, 0) is 0 Å². The van der Waals surface area contributed by atoms with Crippen LogP contribution in [0.5, 0.6) is 0 Å². The van der Waals surface area contributed by atoms with Gasteiger partial charge in [-0.15, -0.1) is 0 Å². The largest absolute Gasteiger partial charge is 0.316 e. The van der Waals surface area contributed by atoms with E-state index in [0.717, 1.165) is 30.3 Å². The molecule has 1 aliphatic heterocycles. The van der Waals surface area contributed by atoms with Gasteiger partial charge in [-0.2, -0.15) is 0 Å². The molecule has 2 aliphatic rings. The Bertz CT molecular complexity index is 246. The molecule has 0 spiro atoms. The summed E-state index contributed by atoms with van der Waals surface area (Å²) in [6.07, 6.45) is 8.88. The maximum absolute atomic E-state index is 3.62. The average molecular weight is 266 g/mol. The number of rotatable bonds is 7. The molecular weight excluding hydrogens is 232 g/mol. The molecule has 0 radical (unpaired) electrons. The third-order valence-electron chi connectivity index (χ3n) is 4.95. The average Bonchev–Trinajstić information content (AvgIpc) is 2.97. The number of nitrogens with zero attached hydrogens (tertiary/aromatic N) is 1. The summed E-state index contributed by atoms with van der Waals surface area (Å²) >= 11 is 0. The van der Waals surface area contributed by atoms with Gasteiger partial charge in [0.15, 0.2) is 0 Å². The topological polar surface area (TPSA) is 15.3 Å². The maximum Gasteiger partial charge on any atom is 0.0124 e. The zero-order valence-corrected chi connectivity index (χ0v) is 13.3. The molecule has 2 unspecified atom stereocenters. The first-order chi connectivity index (χ1) is 9.16. The van der Waals surface area contributed by atoms with E-state index in [9.17, 15) is 0 Å². The van der Waals surface area contributed by atoms with Crippen LogP contribution in [0.25, 0.3) is 0 Å². The second kappa shape index (κ2) is 7.64. The van der Waals surface area contributed by atoms with Crippen molar-refractivity contribution in [2.45, 2.75) is 65.3 Å². The number of hydrogen-bond acceptors (Lipinski definition) is 2. The lowest BCUT2D eigenvalue weighted by molar-refractivity contribution is 0.167. The molecular formula is C17H34N2. The summed E-state index contributed by atoms with van der Waals surface area (Å²) in [4.78, 5) is 2.82. The van der Waals surface area contributed by atoms with E-state index in [0.29, 0.717) is 0 Å². The molecule has 1 N–H and O–H groups in total. The number of likely N-dealkylation sites (tertiary alicyclic amines) is 1. The highest BCUT2D eigenvalue weighted by Crippen LogP contribution is 2.35. The van der Waals surface area contributed by atoms with Crippen LogP contribution in [0.1, 0.15) is 59.3 Å². The van der Waals surface area contributed by atoms with Crippen LogP contribution in [0.3, 0.4) is 0 Å². The van der Waals surface area contributed by atoms with Gasteiger partial charge in [0.2, 0.25) is 0 Å². The minimum absolute atomic E-state index is 0.769. The van der Waals surface area contributed by atoms with Gasteiger partial charge in [-0.3, -0.25) is 4.90 Å². The van der Waals surface area contributed by atoms with Crippen molar-refractivity contribution in [3.8, 4) is 0 Å². The monoisotopic (exact) mass is 266 g/mol. The Hall–Kier alpha value is -0.0800. The first kappa shape index (κ1) is 15.3. The van der Waals surface area contributed by atoms with Gasteiger partial charge in [0.05, 0.1) is 0 Å². The van der Waals surface area contributed by atoms with Crippen molar-refractivity contribution in [3.05, 3.63) is 0 Å². The van der Waals surface area contributed by atoms with E-state index in [1.54, 1.807) is 0 Å². The molecule has 1 saturated heterocycles. The Morgan fingerprint density at radius 1 is 1.00 bits per heavy atom. The Labute approximate surface area is 120 Å². The van der Waals surface area contributed by atoms with Gasteiger partial charge < -0.3 is 5.32 Å². The van der Waals surface area contributed by atoms with E-state index in [-0.39, 0.29) is 0 Å². The predicted molar refractivity (Wildman–Crippen MR) is 83.4 cm³/mol. The van der Waals surface area contributed by atoms with Gasteiger partial charge in [-0.1, -0.05) is 33.6 Å². The molecule has 0 bridgehead atoms. The van der Waals surface area contributed by atoms with E-state index in [4.69, 9.17) is 0 Å². The van der Waals surface area contributed by atoms with Gasteiger partial charge in [-0.05, 0) is 63.1 Å². The fraction of sp³-hybridized carbons (Fsp3) is 1.00. The van der Waals surface area contributed by atoms with Crippen molar-refractivity contribution < 1.29 is 0 Å². The first-order valence-corrected chi connectivity index (χ1v) is 8.61. The standard InChI is InChI=1S/C17H34N2/c1-14(2)11-18-12-15(3)13-19-10-6-9-17(19)16-7-4-5-8-16/h14-18H,4-13H2,1-3H3. The summed E-state index contributed by atoms with van der Waals surface area (Å²) in [5, 5.41) is 3.62. The zero-order valence-electron chi connectivity index (χ0n) is 13.3. The molecule has 112 valence electrons. The van der Waals surface area contributed by atoms with Crippen molar-refractivity contribution in [3.63, 3.8) is 0 Å². The van der Waals surface area contributed by atoms with E-state index < -0.39 is 0 Å². The molecule has 1 saturated carbocycles. The third kappa shape index (κ3) is 4.75. The fourth-order valence-electron chi connectivity index (χ4n) is 4.04. The zero-order chi connectivity index (χ0) is 13.7. The number of nitrogens with one attached hydrogen (secondary N) is 1. The van der Waals surface area contributed by atoms with Crippen LogP contribution >= 0.6 is 0 Å². The van der Waals surface area contributed by atoms with Crippen LogP contribution in [0.15, 0.2) is 0 Å². The summed E-state index contributed by atoms with van der Waals surface area (Å²) < 4.78 is 0. The van der Waals surface area contributed by atoms with Crippen molar-refractivity contribution in [2.75, 3.05) is 26.2 Å². The van der Waals surface area contributed by atoms with Crippen LogP contribution in [0.2, 0.25) is 0 Å². The van der Waals surface area contributed by atoms with Gasteiger partial charge in [0.25, 0.3) is 0 Å². The summed E-state index contributed by atoms with van der Waals surface area (Å²) in [5.41, 5.74) is 0. The van der Waals surface area contributed by atoms with Crippen molar-refractivity contribution in [1.82, 2.24) is 10.2 Å². The van der Waals surface area contributed by atoms with Crippen molar-refractivity contribution >= 4 is 0 Å². The normalized spacial score (nSPS) is 27.5. The van der Waals surface area contributed by atoms with E-state index in [2.05, 4.69) is 31.0 Å². The molecule has 2 rings (SSSR count). The van der Waals surface area contributed by atoms with Gasteiger partial charge in [0.1, 0.15) is 0 Å². The van der Waals surface area contributed by atoms with Crippen LogP contribution in [-0.4, -0.2) is 37.1 Å². The van der Waals surface area contributed by atoms with Gasteiger partial charge in [-0.25, -0.2) is 0 Å². The van der Waals surface area contributed by atoms with E-state index in [1.165, 1.54) is 58.2 Å². The third-order valence-corrected chi connectivity index (χ3v) is 4.95. The maximum atomic E-state index is 3.62. The van der Waals surface area contributed by atoms with Crippen LogP contribution in [0, 0.1) is 17.8 Å². The fourth-order valence-corrected chi connectivity index (χ4v) is 4.04. The summed E-state index contributed by atoms with van der Waals surface area (Å²) in [6, 6.07) is 0.926. The summed E-state index contributed by atoms with van der Waals surface area (Å²) in [7, 11) is 0. The van der Waals surface area contributed by atoms with Gasteiger partial charge in [0, 0.05) is 12.6 Å². The molecule has 0 aromatic heterocycles. The smallest absolute Gasteiger partial charge is 0.0124 e. The first-order valence-electron chi connectivity index (χ1n) is 8.61. The second-order valence-electron chi connectivity index (χ2n) is 7.41. The predicted octanol–water partition coefficient (Wildman–Crippen LogP) is 3.52. The minimum Gasteiger partial charge on any atom is -0.316 e. The lowest BCUT2D eigenvalue weighted by Crippen LogP contribution is -2.40. The molecule has 19 heavy (non-hydrogen) atoms. The highest BCUT2D eigenvalue weighted by atomic mass is 15.2. The van der Waals surface area contributed by atoms with Crippen molar-refractivity contribution in [2.24, 2.45) is 17.8 Å². The molecule has 1 aliphatic carbocycles. The molecule has 1 heterocycles.